The van der Waals surface area contributed by atoms with E-state index in [-0.39, 0.29) is 0 Å². The Balaban J connectivity index is 2.00. The van der Waals surface area contributed by atoms with E-state index in [1.165, 1.54) is 15.3 Å². The molecule has 0 aliphatic rings. The molecule has 1 aromatic heterocycles. The molecule has 1 heterocycles. The Kier molecular flexibility index (Phi) is 6.43. The Labute approximate surface area is 134 Å². The number of aryl methyl sites for hydroxylation is 1. The largest absolute Gasteiger partial charge is 0.309 e. The van der Waals surface area contributed by atoms with Gasteiger partial charge in [-0.1, -0.05) is 36.2 Å². The zero-order valence-electron chi connectivity index (χ0n) is 11.9. The van der Waals surface area contributed by atoms with Gasteiger partial charge in [-0.05, 0) is 44.2 Å². The summed E-state index contributed by atoms with van der Waals surface area (Å²) in [6.07, 6.45) is 1.14. The molecule has 0 amide bonds. The molecule has 2 aromatic rings. The third kappa shape index (κ3) is 4.81. The molecule has 1 aromatic carbocycles. The second kappa shape index (κ2) is 8.08. The first-order chi connectivity index (χ1) is 9.69. The van der Waals surface area contributed by atoms with Crippen LogP contribution in [0.25, 0.3) is 0 Å². The lowest BCUT2D eigenvalue weighted by Gasteiger charge is -2.17. The maximum atomic E-state index is 6.06. The summed E-state index contributed by atoms with van der Waals surface area (Å²) in [6.45, 7) is 5.36. The quantitative estimate of drug-likeness (QED) is 0.670. The molecule has 2 rings (SSSR count). The first-order valence-corrected chi connectivity index (χ1v) is 9.05. The molecular formula is C16H20ClNS2. The standard InChI is InChI=1S/C16H20ClNS2/c1-3-9-18-14(15-7-8-16(17)20-15)11-19-13-6-4-5-12(2)10-13/h4-8,10,14,18H,3,9,11H2,1-2H3. The predicted octanol–water partition coefficient (Wildman–Crippen LogP) is 5.54. The van der Waals surface area contributed by atoms with Crippen molar-refractivity contribution in [2.24, 2.45) is 0 Å². The lowest BCUT2D eigenvalue weighted by atomic mass is 10.2. The highest BCUT2D eigenvalue weighted by Crippen LogP contribution is 2.31. The van der Waals surface area contributed by atoms with E-state index in [2.05, 4.69) is 49.5 Å². The fourth-order valence-electron chi connectivity index (χ4n) is 1.96. The van der Waals surface area contributed by atoms with Crippen molar-refractivity contribution in [2.75, 3.05) is 12.3 Å². The topological polar surface area (TPSA) is 12.0 Å². The van der Waals surface area contributed by atoms with E-state index in [0.29, 0.717) is 6.04 Å². The van der Waals surface area contributed by atoms with E-state index in [1.807, 2.05) is 17.8 Å². The van der Waals surface area contributed by atoms with E-state index in [4.69, 9.17) is 11.6 Å². The van der Waals surface area contributed by atoms with E-state index >= 15 is 0 Å². The number of hydrogen-bond donors (Lipinski definition) is 1. The normalized spacial score (nSPS) is 12.6. The van der Waals surface area contributed by atoms with Crippen LogP contribution in [0.1, 0.15) is 29.8 Å². The second-order valence-electron chi connectivity index (χ2n) is 4.78. The third-order valence-corrected chi connectivity index (χ3v) is 5.42. The molecule has 0 aliphatic heterocycles. The maximum absolute atomic E-state index is 6.06. The minimum Gasteiger partial charge on any atom is -0.309 e. The number of hydrogen-bond acceptors (Lipinski definition) is 3. The van der Waals surface area contributed by atoms with Crippen LogP contribution >= 0.6 is 34.7 Å². The molecule has 0 radical (unpaired) electrons. The summed E-state index contributed by atoms with van der Waals surface area (Å²) in [4.78, 5) is 2.65. The van der Waals surface area contributed by atoms with Gasteiger partial charge >= 0.3 is 0 Å². The Hall–Kier alpha value is -0.480. The summed E-state index contributed by atoms with van der Waals surface area (Å²) >= 11 is 9.63. The van der Waals surface area contributed by atoms with Crippen LogP contribution in [0.5, 0.6) is 0 Å². The van der Waals surface area contributed by atoms with Gasteiger partial charge in [0.2, 0.25) is 0 Å². The molecule has 0 saturated carbocycles. The first-order valence-electron chi connectivity index (χ1n) is 6.87. The molecule has 1 unspecified atom stereocenters. The molecule has 4 heteroatoms. The van der Waals surface area contributed by atoms with Crippen LogP contribution in [-0.2, 0) is 0 Å². The minimum absolute atomic E-state index is 0.373. The number of thiophene rings is 1. The summed E-state index contributed by atoms with van der Waals surface area (Å²) in [7, 11) is 0. The van der Waals surface area contributed by atoms with Gasteiger partial charge in [-0.3, -0.25) is 0 Å². The summed E-state index contributed by atoms with van der Waals surface area (Å²) in [5.74, 6) is 1.03. The lowest BCUT2D eigenvalue weighted by Crippen LogP contribution is -2.23. The maximum Gasteiger partial charge on any atom is 0.0931 e. The molecule has 0 saturated heterocycles. The fraction of sp³-hybridized carbons (Fsp3) is 0.375. The number of benzene rings is 1. The molecule has 1 N–H and O–H groups in total. The highest BCUT2D eigenvalue weighted by molar-refractivity contribution is 7.99. The van der Waals surface area contributed by atoms with Gasteiger partial charge in [0, 0.05) is 15.5 Å². The van der Waals surface area contributed by atoms with Crippen LogP contribution in [0.2, 0.25) is 4.34 Å². The SMILES string of the molecule is CCCNC(CSc1cccc(C)c1)c1ccc(Cl)s1. The summed E-state index contributed by atoms with van der Waals surface area (Å²) in [5, 5.41) is 3.61. The van der Waals surface area contributed by atoms with Gasteiger partial charge in [0.15, 0.2) is 0 Å². The van der Waals surface area contributed by atoms with Crippen LogP contribution in [-0.4, -0.2) is 12.3 Å². The highest BCUT2D eigenvalue weighted by atomic mass is 35.5. The smallest absolute Gasteiger partial charge is 0.0931 e. The molecular weight excluding hydrogens is 306 g/mol. The van der Waals surface area contributed by atoms with Gasteiger partial charge in [0.25, 0.3) is 0 Å². The van der Waals surface area contributed by atoms with Gasteiger partial charge in [0.05, 0.1) is 10.4 Å². The molecule has 108 valence electrons. The van der Waals surface area contributed by atoms with Gasteiger partial charge < -0.3 is 5.32 Å². The van der Waals surface area contributed by atoms with Gasteiger partial charge in [-0.25, -0.2) is 0 Å². The van der Waals surface area contributed by atoms with E-state index in [9.17, 15) is 0 Å². The summed E-state index contributed by atoms with van der Waals surface area (Å²) in [5.41, 5.74) is 1.31. The Morgan fingerprint density at radius 1 is 1.30 bits per heavy atom. The molecule has 1 nitrogen and oxygen atoms in total. The Bertz CT molecular complexity index is 539. The zero-order valence-corrected chi connectivity index (χ0v) is 14.2. The van der Waals surface area contributed by atoms with Crippen molar-refractivity contribution in [1.29, 1.82) is 0 Å². The third-order valence-electron chi connectivity index (χ3n) is 2.98. The number of thioether (sulfide) groups is 1. The summed E-state index contributed by atoms with van der Waals surface area (Å²) in [6, 6.07) is 13.2. The first kappa shape index (κ1) is 15.9. The molecule has 1 atom stereocenters. The molecule has 0 spiro atoms. The highest BCUT2D eigenvalue weighted by Gasteiger charge is 2.13. The van der Waals surface area contributed by atoms with Gasteiger partial charge in [0.1, 0.15) is 0 Å². The van der Waals surface area contributed by atoms with Gasteiger partial charge in [-0.15, -0.1) is 23.1 Å². The van der Waals surface area contributed by atoms with E-state index in [0.717, 1.165) is 23.1 Å². The molecule has 0 bridgehead atoms. The van der Waals surface area contributed by atoms with Crippen LogP contribution in [0.15, 0.2) is 41.3 Å². The summed E-state index contributed by atoms with van der Waals surface area (Å²) < 4.78 is 0.865. The van der Waals surface area contributed by atoms with Crippen molar-refractivity contribution in [3.63, 3.8) is 0 Å². The minimum atomic E-state index is 0.373. The predicted molar refractivity (Wildman–Crippen MR) is 92.3 cm³/mol. The number of rotatable bonds is 7. The van der Waals surface area contributed by atoms with Crippen molar-refractivity contribution in [2.45, 2.75) is 31.2 Å². The van der Waals surface area contributed by atoms with Crippen molar-refractivity contribution < 1.29 is 0 Å². The van der Waals surface area contributed by atoms with Crippen LogP contribution in [0.3, 0.4) is 0 Å². The van der Waals surface area contributed by atoms with Crippen molar-refractivity contribution in [3.8, 4) is 0 Å². The van der Waals surface area contributed by atoms with E-state index in [1.54, 1.807) is 11.3 Å². The van der Waals surface area contributed by atoms with Crippen molar-refractivity contribution >= 4 is 34.7 Å². The van der Waals surface area contributed by atoms with Crippen LogP contribution in [0.4, 0.5) is 0 Å². The van der Waals surface area contributed by atoms with Crippen LogP contribution in [0, 0.1) is 6.92 Å². The molecule has 0 aliphatic carbocycles. The van der Waals surface area contributed by atoms with Crippen molar-refractivity contribution in [1.82, 2.24) is 5.32 Å². The zero-order chi connectivity index (χ0) is 14.4. The molecule has 0 fully saturated rings. The number of halogens is 1. The number of nitrogens with one attached hydrogen (secondary N) is 1. The van der Waals surface area contributed by atoms with Crippen LogP contribution < -0.4 is 5.32 Å². The lowest BCUT2D eigenvalue weighted by molar-refractivity contribution is 0.585. The average molecular weight is 326 g/mol. The fourth-order valence-corrected chi connectivity index (χ4v) is 4.30. The second-order valence-corrected chi connectivity index (χ2v) is 7.62. The molecule has 20 heavy (non-hydrogen) atoms. The van der Waals surface area contributed by atoms with Gasteiger partial charge in [-0.2, -0.15) is 0 Å². The Morgan fingerprint density at radius 2 is 2.15 bits per heavy atom. The average Bonchev–Trinajstić information content (AvgIpc) is 2.85. The monoisotopic (exact) mass is 325 g/mol. The van der Waals surface area contributed by atoms with E-state index < -0.39 is 0 Å². The Morgan fingerprint density at radius 3 is 2.80 bits per heavy atom. The van der Waals surface area contributed by atoms with Crippen molar-refractivity contribution in [3.05, 3.63) is 51.2 Å².